The topological polar surface area (TPSA) is 74.3 Å². The van der Waals surface area contributed by atoms with Crippen LogP contribution in [-0.2, 0) is 11.3 Å². The van der Waals surface area contributed by atoms with Gasteiger partial charge in [-0.25, -0.2) is 4.79 Å². The molecule has 2 unspecified atom stereocenters. The molecular weight excluding hydrogens is 316 g/mol. The van der Waals surface area contributed by atoms with E-state index >= 15 is 0 Å². The monoisotopic (exact) mass is 338 g/mol. The number of carbonyl (C=O) groups is 2. The fraction of sp³-hybridized carbons (Fsp3) is 0.421. The van der Waals surface area contributed by atoms with Gasteiger partial charge in [0.1, 0.15) is 5.54 Å². The van der Waals surface area contributed by atoms with Gasteiger partial charge in [-0.1, -0.05) is 24.3 Å². The largest absolute Gasteiger partial charge is 0.323 e. The zero-order valence-electron chi connectivity index (χ0n) is 14.3. The molecule has 25 heavy (non-hydrogen) atoms. The summed E-state index contributed by atoms with van der Waals surface area (Å²) in [6.45, 7) is 4.41. The van der Waals surface area contributed by atoms with E-state index in [1.807, 2.05) is 19.2 Å². The van der Waals surface area contributed by atoms with E-state index in [1.165, 1.54) is 5.56 Å². The number of imide groups is 1. The van der Waals surface area contributed by atoms with Gasteiger partial charge in [0.25, 0.3) is 5.91 Å². The second kappa shape index (κ2) is 6.11. The van der Waals surface area contributed by atoms with Crippen molar-refractivity contribution < 1.29 is 9.59 Å². The first kappa shape index (κ1) is 16.0. The molecule has 2 atom stereocenters. The first-order chi connectivity index (χ1) is 12.1. The Kier molecular flexibility index (Phi) is 3.92. The van der Waals surface area contributed by atoms with E-state index in [-0.39, 0.29) is 17.9 Å². The predicted octanol–water partition coefficient (Wildman–Crippen LogP) is 2.04. The zero-order chi connectivity index (χ0) is 17.4. The maximum atomic E-state index is 12.2. The molecule has 0 saturated carbocycles. The number of benzene rings is 1. The number of amides is 3. The number of nitrogens with zero attached hydrogens (tertiary/aromatic N) is 2. The van der Waals surface area contributed by atoms with E-state index in [2.05, 4.69) is 44.8 Å². The summed E-state index contributed by atoms with van der Waals surface area (Å²) in [5.74, 6) is -0.105. The molecule has 2 aliphatic rings. The number of urea groups is 1. The van der Waals surface area contributed by atoms with Crippen molar-refractivity contribution in [3.8, 4) is 0 Å². The number of para-hydroxylation sites is 1. The normalized spacial score (nSPS) is 27.3. The lowest BCUT2D eigenvalue weighted by Crippen LogP contribution is -2.55. The van der Waals surface area contributed by atoms with Gasteiger partial charge in [0.05, 0.1) is 5.52 Å². The average Bonchev–Trinajstić information content (AvgIpc) is 2.89. The highest BCUT2D eigenvalue weighted by atomic mass is 16.2. The van der Waals surface area contributed by atoms with E-state index in [9.17, 15) is 9.59 Å². The SMILES string of the molecule is CC1(C2CCCN(Cc3cccc4cccnc34)C2)NC(=O)NC1=O. The summed E-state index contributed by atoms with van der Waals surface area (Å²) in [6, 6.07) is 9.89. The summed E-state index contributed by atoms with van der Waals surface area (Å²) in [4.78, 5) is 30.7. The average molecular weight is 338 g/mol. The van der Waals surface area contributed by atoms with E-state index in [0.717, 1.165) is 43.4 Å². The van der Waals surface area contributed by atoms with Gasteiger partial charge in [-0.3, -0.25) is 20.0 Å². The molecule has 3 amide bonds. The molecule has 0 radical (unpaired) electrons. The Morgan fingerprint density at radius 3 is 2.92 bits per heavy atom. The fourth-order valence-corrected chi connectivity index (χ4v) is 4.05. The van der Waals surface area contributed by atoms with Crippen molar-refractivity contribution in [3.63, 3.8) is 0 Å². The van der Waals surface area contributed by atoms with Crippen LogP contribution in [0.25, 0.3) is 10.9 Å². The van der Waals surface area contributed by atoms with Gasteiger partial charge in [-0.05, 0) is 37.9 Å². The van der Waals surface area contributed by atoms with Crippen LogP contribution in [0.15, 0.2) is 36.5 Å². The number of aromatic nitrogens is 1. The Morgan fingerprint density at radius 2 is 2.12 bits per heavy atom. The minimum atomic E-state index is -0.813. The third-order valence-corrected chi connectivity index (χ3v) is 5.50. The Bertz CT molecular complexity index is 832. The number of pyridine rings is 1. The third kappa shape index (κ3) is 2.87. The van der Waals surface area contributed by atoms with Crippen LogP contribution < -0.4 is 10.6 Å². The predicted molar refractivity (Wildman–Crippen MR) is 94.8 cm³/mol. The van der Waals surface area contributed by atoms with Crippen molar-refractivity contribution in [3.05, 3.63) is 42.1 Å². The van der Waals surface area contributed by atoms with Crippen molar-refractivity contribution in [2.75, 3.05) is 13.1 Å². The maximum absolute atomic E-state index is 12.2. The van der Waals surface area contributed by atoms with E-state index < -0.39 is 5.54 Å². The molecule has 2 aromatic rings. The highest BCUT2D eigenvalue weighted by Crippen LogP contribution is 2.30. The molecule has 2 fully saturated rings. The van der Waals surface area contributed by atoms with Crippen LogP contribution in [0.2, 0.25) is 0 Å². The van der Waals surface area contributed by atoms with Gasteiger partial charge in [0.15, 0.2) is 0 Å². The van der Waals surface area contributed by atoms with Crippen LogP contribution in [-0.4, -0.2) is 40.5 Å². The van der Waals surface area contributed by atoms with Crippen molar-refractivity contribution in [2.45, 2.75) is 31.8 Å². The molecule has 0 spiro atoms. The molecule has 3 heterocycles. The first-order valence-electron chi connectivity index (χ1n) is 8.75. The lowest BCUT2D eigenvalue weighted by Gasteiger charge is -2.39. The number of carbonyl (C=O) groups excluding carboxylic acids is 2. The van der Waals surface area contributed by atoms with Gasteiger partial charge in [0, 0.05) is 30.6 Å². The number of rotatable bonds is 3. The molecule has 2 N–H and O–H groups in total. The lowest BCUT2D eigenvalue weighted by atomic mass is 9.80. The molecule has 0 aliphatic carbocycles. The summed E-state index contributed by atoms with van der Waals surface area (Å²) >= 11 is 0. The molecule has 6 nitrogen and oxygen atoms in total. The van der Waals surface area contributed by atoms with Gasteiger partial charge >= 0.3 is 6.03 Å². The molecular formula is C19H22N4O2. The minimum absolute atomic E-state index is 0.107. The first-order valence-corrected chi connectivity index (χ1v) is 8.75. The van der Waals surface area contributed by atoms with Gasteiger partial charge in [-0.15, -0.1) is 0 Å². The van der Waals surface area contributed by atoms with Crippen LogP contribution >= 0.6 is 0 Å². The second-order valence-electron chi connectivity index (χ2n) is 7.18. The molecule has 2 saturated heterocycles. The number of hydrogen-bond donors (Lipinski definition) is 2. The zero-order valence-corrected chi connectivity index (χ0v) is 14.3. The molecule has 1 aromatic carbocycles. The standard InChI is InChI=1S/C19H22N4O2/c1-19(17(24)21-18(25)22-19)15-8-4-10-23(12-15)11-14-6-2-5-13-7-3-9-20-16(13)14/h2-3,5-7,9,15H,4,8,10-12H2,1H3,(H2,21,22,24,25). The Balaban J connectivity index is 1.54. The van der Waals surface area contributed by atoms with Crippen LogP contribution in [0.1, 0.15) is 25.3 Å². The lowest BCUT2D eigenvalue weighted by molar-refractivity contribution is -0.126. The van der Waals surface area contributed by atoms with E-state index in [1.54, 1.807) is 0 Å². The number of hydrogen-bond acceptors (Lipinski definition) is 4. The number of fused-ring (bicyclic) bond motifs is 1. The summed E-state index contributed by atoms with van der Waals surface area (Å²) in [5, 5.41) is 6.34. The molecule has 0 bridgehead atoms. The number of nitrogens with one attached hydrogen (secondary N) is 2. The number of piperidine rings is 1. The molecule has 130 valence electrons. The summed E-state index contributed by atoms with van der Waals surface area (Å²) in [5.41, 5.74) is 1.42. The summed E-state index contributed by atoms with van der Waals surface area (Å²) < 4.78 is 0. The van der Waals surface area contributed by atoms with Crippen molar-refractivity contribution in [1.82, 2.24) is 20.5 Å². The third-order valence-electron chi connectivity index (χ3n) is 5.50. The van der Waals surface area contributed by atoms with Crippen LogP contribution in [0, 0.1) is 5.92 Å². The molecule has 6 heteroatoms. The van der Waals surface area contributed by atoms with Crippen LogP contribution in [0.3, 0.4) is 0 Å². The maximum Gasteiger partial charge on any atom is 0.322 e. The Morgan fingerprint density at radius 1 is 1.28 bits per heavy atom. The minimum Gasteiger partial charge on any atom is -0.323 e. The Hall–Kier alpha value is -2.47. The highest BCUT2D eigenvalue weighted by Gasteiger charge is 2.48. The smallest absolute Gasteiger partial charge is 0.322 e. The second-order valence-corrected chi connectivity index (χ2v) is 7.18. The Labute approximate surface area is 146 Å². The van der Waals surface area contributed by atoms with Crippen molar-refractivity contribution in [2.24, 2.45) is 5.92 Å². The van der Waals surface area contributed by atoms with Gasteiger partial charge < -0.3 is 5.32 Å². The quantitative estimate of drug-likeness (QED) is 0.840. The van der Waals surface area contributed by atoms with Crippen molar-refractivity contribution >= 4 is 22.8 Å². The molecule has 1 aromatic heterocycles. The highest BCUT2D eigenvalue weighted by molar-refractivity contribution is 6.07. The van der Waals surface area contributed by atoms with Gasteiger partial charge in [0.2, 0.25) is 0 Å². The van der Waals surface area contributed by atoms with Crippen LogP contribution in [0.4, 0.5) is 4.79 Å². The summed E-state index contributed by atoms with van der Waals surface area (Å²) in [6.07, 6.45) is 3.78. The summed E-state index contributed by atoms with van der Waals surface area (Å²) in [7, 11) is 0. The molecule has 2 aliphatic heterocycles. The number of likely N-dealkylation sites (tertiary alicyclic amines) is 1. The van der Waals surface area contributed by atoms with Crippen LogP contribution in [0.5, 0.6) is 0 Å². The molecule has 4 rings (SSSR count). The van der Waals surface area contributed by atoms with Gasteiger partial charge in [-0.2, -0.15) is 0 Å². The fourth-order valence-electron chi connectivity index (χ4n) is 4.05. The van der Waals surface area contributed by atoms with E-state index in [0.29, 0.717) is 0 Å². The van der Waals surface area contributed by atoms with E-state index in [4.69, 9.17) is 0 Å². The van der Waals surface area contributed by atoms with Crippen molar-refractivity contribution in [1.29, 1.82) is 0 Å².